The molecule has 5 nitrogen and oxygen atoms in total. The second-order valence-electron chi connectivity index (χ2n) is 4.46. The largest absolute Gasteiger partial charge is 0.497 e. The quantitative estimate of drug-likeness (QED) is 0.582. The van der Waals surface area contributed by atoms with Crippen molar-refractivity contribution < 1.29 is 19.0 Å². The SMILES string of the molecule is COc1ccc(CON=Cc2ccc(OC)cc2OC)cc1. The van der Waals surface area contributed by atoms with E-state index in [-0.39, 0.29) is 0 Å². The summed E-state index contributed by atoms with van der Waals surface area (Å²) in [6, 6.07) is 13.1. The number of hydrogen-bond acceptors (Lipinski definition) is 5. The van der Waals surface area contributed by atoms with Gasteiger partial charge in [0, 0.05) is 11.6 Å². The minimum atomic E-state index is 0.388. The van der Waals surface area contributed by atoms with Crippen molar-refractivity contribution in [3.8, 4) is 17.2 Å². The molecule has 0 heterocycles. The van der Waals surface area contributed by atoms with Gasteiger partial charge < -0.3 is 19.0 Å². The molecular formula is C17H19NO4. The van der Waals surface area contributed by atoms with Crippen LogP contribution in [0.5, 0.6) is 17.2 Å². The van der Waals surface area contributed by atoms with Gasteiger partial charge in [-0.1, -0.05) is 17.3 Å². The van der Waals surface area contributed by atoms with Crippen LogP contribution in [-0.2, 0) is 11.4 Å². The van der Waals surface area contributed by atoms with Crippen LogP contribution < -0.4 is 14.2 Å². The van der Waals surface area contributed by atoms with Gasteiger partial charge in [-0.2, -0.15) is 0 Å². The van der Waals surface area contributed by atoms with Gasteiger partial charge in [0.1, 0.15) is 23.9 Å². The third-order valence-corrected chi connectivity index (χ3v) is 3.10. The number of hydrogen-bond donors (Lipinski definition) is 0. The predicted molar refractivity (Wildman–Crippen MR) is 84.9 cm³/mol. The fourth-order valence-electron chi connectivity index (χ4n) is 1.85. The molecule has 22 heavy (non-hydrogen) atoms. The van der Waals surface area contributed by atoms with E-state index in [9.17, 15) is 0 Å². The molecule has 0 amide bonds. The highest BCUT2D eigenvalue weighted by Crippen LogP contribution is 2.23. The first kappa shape index (κ1) is 15.7. The number of methoxy groups -OCH3 is 3. The fraction of sp³-hybridized carbons (Fsp3) is 0.235. The summed E-state index contributed by atoms with van der Waals surface area (Å²) in [5.41, 5.74) is 1.83. The maximum atomic E-state index is 5.30. The highest BCUT2D eigenvalue weighted by Gasteiger charge is 2.02. The summed E-state index contributed by atoms with van der Waals surface area (Å²) in [6.07, 6.45) is 1.61. The van der Waals surface area contributed by atoms with Crippen molar-refractivity contribution in [3.05, 3.63) is 53.6 Å². The third-order valence-electron chi connectivity index (χ3n) is 3.10. The van der Waals surface area contributed by atoms with Crippen LogP contribution in [0.2, 0.25) is 0 Å². The van der Waals surface area contributed by atoms with Gasteiger partial charge in [0.15, 0.2) is 0 Å². The van der Waals surface area contributed by atoms with Crippen LogP contribution in [0.15, 0.2) is 47.6 Å². The zero-order valence-corrected chi connectivity index (χ0v) is 12.9. The summed E-state index contributed by atoms with van der Waals surface area (Å²) in [6.45, 7) is 0.388. The zero-order valence-electron chi connectivity index (χ0n) is 12.9. The van der Waals surface area contributed by atoms with Crippen LogP contribution in [0, 0.1) is 0 Å². The van der Waals surface area contributed by atoms with E-state index in [1.165, 1.54) is 0 Å². The van der Waals surface area contributed by atoms with Crippen LogP contribution in [0.1, 0.15) is 11.1 Å². The minimum absolute atomic E-state index is 0.388. The smallest absolute Gasteiger partial charge is 0.142 e. The van der Waals surface area contributed by atoms with Gasteiger partial charge in [-0.3, -0.25) is 0 Å². The molecule has 0 aliphatic carbocycles. The molecule has 0 radical (unpaired) electrons. The number of ether oxygens (including phenoxy) is 3. The summed E-state index contributed by atoms with van der Waals surface area (Å²) in [7, 11) is 4.85. The van der Waals surface area contributed by atoms with E-state index in [4.69, 9.17) is 19.0 Å². The molecule has 2 rings (SSSR count). The molecule has 0 saturated heterocycles. The van der Waals surface area contributed by atoms with E-state index in [0.29, 0.717) is 12.4 Å². The summed E-state index contributed by atoms with van der Waals surface area (Å²) in [4.78, 5) is 5.30. The average molecular weight is 301 g/mol. The van der Waals surface area contributed by atoms with Gasteiger partial charge in [0.05, 0.1) is 27.5 Å². The van der Waals surface area contributed by atoms with Gasteiger partial charge in [-0.15, -0.1) is 0 Å². The number of rotatable bonds is 7. The Bertz CT molecular complexity index is 623. The van der Waals surface area contributed by atoms with Crippen molar-refractivity contribution in [3.63, 3.8) is 0 Å². The molecule has 2 aromatic rings. The van der Waals surface area contributed by atoms with Crippen molar-refractivity contribution in [1.82, 2.24) is 0 Å². The van der Waals surface area contributed by atoms with Crippen molar-refractivity contribution in [1.29, 1.82) is 0 Å². The first-order valence-corrected chi connectivity index (χ1v) is 6.77. The molecule has 5 heteroatoms. The molecule has 0 atom stereocenters. The fourth-order valence-corrected chi connectivity index (χ4v) is 1.85. The molecule has 116 valence electrons. The van der Waals surface area contributed by atoms with Crippen molar-refractivity contribution in [2.45, 2.75) is 6.61 Å². The monoisotopic (exact) mass is 301 g/mol. The maximum Gasteiger partial charge on any atom is 0.142 e. The summed E-state index contributed by atoms with van der Waals surface area (Å²) in [5.74, 6) is 2.22. The van der Waals surface area contributed by atoms with Gasteiger partial charge in [-0.25, -0.2) is 0 Å². The molecule has 0 aliphatic heterocycles. The highest BCUT2D eigenvalue weighted by molar-refractivity contribution is 5.83. The molecular weight excluding hydrogens is 282 g/mol. The molecule has 0 fully saturated rings. The van der Waals surface area contributed by atoms with Gasteiger partial charge in [-0.05, 0) is 29.8 Å². The Balaban J connectivity index is 1.94. The predicted octanol–water partition coefficient (Wildman–Crippen LogP) is 3.26. The van der Waals surface area contributed by atoms with Crippen molar-refractivity contribution in [2.24, 2.45) is 5.16 Å². The van der Waals surface area contributed by atoms with Crippen LogP contribution in [-0.4, -0.2) is 27.5 Å². The highest BCUT2D eigenvalue weighted by atomic mass is 16.6. The first-order valence-electron chi connectivity index (χ1n) is 6.77. The van der Waals surface area contributed by atoms with E-state index in [1.807, 2.05) is 36.4 Å². The standard InChI is InChI=1S/C17H19NO4/c1-19-15-7-4-13(5-8-15)12-22-18-11-14-6-9-16(20-2)10-17(14)21-3/h4-11H,12H2,1-3H3. The van der Waals surface area contributed by atoms with Crippen molar-refractivity contribution >= 4 is 6.21 Å². The van der Waals surface area contributed by atoms with Crippen LogP contribution in [0.3, 0.4) is 0 Å². The average Bonchev–Trinajstić information content (AvgIpc) is 2.59. The van der Waals surface area contributed by atoms with Gasteiger partial charge in [0.2, 0.25) is 0 Å². The molecule has 0 N–H and O–H groups in total. The zero-order chi connectivity index (χ0) is 15.8. The minimum Gasteiger partial charge on any atom is -0.497 e. The molecule has 0 saturated carbocycles. The lowest BCUT2D eigenvalue weighted by Gasteiger charge is -2.07. The van der Waals surface area contributed by atoms with E-state index in [2.05, 4.69) is 5.16 Å². The molecule has 0 spiro atoms. The van der Waals surface area contributed by atoms with E-state index < -0.39 is 0 Å². The first-order chi connectivity index (χ1) is 10.8. The lowest BCUT2D eigenvalue weighted by atomic mass is 10.2. The second kappa shape index (κ2) is 7.93. The van der Waals surface area contributed by atoms with Crippen LogP contribution in [0.25, 0.3) is 0 Å². The Hall–Kier alpha value is -2.69. The normalized spacial score (nSPS) is 10.5. The number of oxime groups is 1. The number of benzene rings is 2. The van der Waals surface area contributed by atoms with Gasteiger partial charge >= 0.3 is 0 Å². The van der Waals surface area contributed by atoms with E-state index in [1.54, 1.807) is 33.6 Å². The second-order valence-corrected chi connectivity index (χ2v) is 4.46. The van der Waals surface area contributed by atoms with E-state index in [0.717, 1.165) is 22.6 Å². The Morgan fingerprint density at radius 3 is 2.18 bits per heavy atom. The Morgan fingerprint density at radius 1 is 0.864 bits per heavy atom. The maximum absolute atomic E-state index is 5.30. The Kier molecular flexibility index (Phi) is 5.65. The Labute approximate surface area is 130 Å². The lowest BCUT2D eigenvalue weighted by molar-refractivity contribution is 0.132. The summed E-state index contributed by atoms with van der Waals surface area (Å²) < 4.78 is 15.5. The third kappa shape index (κ3) is 4.15. The topological polar surface area (TPSA) is 49.3 Å². The Morgan fingerprint density at radius 2 is 1.55 bits per heavy atom. The van der Waals surface area contributed by atoms with E-state index >= 15 is 0 Å². The van der Waals surface area contributed by atoms with Crippen LogP contribution >= 0.6 is 0 Å². The van der Waals surface area contributed by atoms with Crippen LogP contribution in [0.4, 0.5) is 0 Å². The lowest BCUT2D eigenvalue weighted by Crippen LogP contribution is -1.93. The molecule has 0 aliphatic rings. The summed E-state index contributed by atoms with van der Waals surface area (Å²) in [5, 5.41) is 3.97. The molecule has 0 bridgehead atoms. The number of nitrogens with zero attached hydrogens (tertiary/aromatic N) is 1. The molecule has 0 aromatic heterocycles. The van der Waals surface area contributed by atoms with Crippen molar-refractivity contribution in [2.75, 3.05) is 21.3 Å². The van der Waals surface area contributed by atoms with Gasteiger partial charge in [0.25, 0.3) is 0 Å². The summed E-state index contributed by atoms with van der Waals surface area (Å²) >= 11 is 0. The molecule has 2 aromatic carbocycles. The molecule has 0 unspecified atom stereocenters.